The number of nitrogens with zero attached hydrogens (tertiary/aromatic N) is 3. The minimum atomic E-state index is -0.272. The molecule has 188 valence electrons. The van der Waals surface area contributed by atoms with Crippen LogP contribution in [0.1, 0.15) is 29.5 Å². The molecule has 1 heterocycles. The van der Waals surface area contributed by atoms with Crippen LogP contribution >= 0.6 is 11.6 Å². The van der Waals surface area contributed by atoms with E-state index >= 15 is 0 Å². The Hall–Kier alpha value is -3.90. The van der Waals surface area contributed by atoms with Crippen LogP contribution in [0.25, 0.3) is 16.9 Å². The standard InChI is InChI=1S/C30H29ClN4O2/c1-20-8-13-26(16-21(20)2)35-18-27(23-9-11-24(31)12-10-23)32-30(35)33-28(36)19-34(25-14-15-25)29(37)17-22-6-4-3-5-7-22/h3-13,16,18,25H,14-15,17,19H2,1-2H3,(H,32,33,36). The van der Waals surface area contributed by atoms with Gasteiger partial charge in [-0.3, -0.25) is 19.5 Å². The lowest BCUT2D eigenvalue weighted by Crippen LogP contribution is -2.40. The number of aryl methyl sites for hydroxylation is 2. The number of carbonyl (C=O) groups excluding carboxylic acids is 2. The molecule has 0 atom stereocenters. The number of hydrogen-bond acceptors (Lipinski definition) is 3. The number of carbonyl (C=O) groups is 2. The van der Waals surface area contributed by atoms with Gasteiger partial charge < -0.3 is 4.90 Å². The lowest BCUT2D eigenvalue weighted by Gasteiger charge is -2.22. The van der Waals surface area contributed by atoms with Gasteiger partial charge in [0.15, 0.2) is 0 Å². The molecule has 7 heteroatoms. The largest absolute Gasteiger partial charge is 0.330 e. The van der Waals surface area contributed by atoms with Gasteiger partial charge >= 0.3 is 0 Å². The van der Waals surface area contributed by atoms with Crippen LogP contribution in [-0.2, 0) is 16.0 Å². The Morgan fingerprint density at radius 2 is 1.73 bits per heavy atom. The zero-order valence-electron chi connectivity index (χ0n) is 20.9. The summed E-state index contributed by atoms with van der Waals surface area (Å²) in [5.74, 6) is 0.0966. The summed E-state index contributed by atoms with van der Waals surface area (Å²) < 4.78 is 1.88. The van der Waals surface area contributed by atoms with E-state index in [4.69, 9.17) is 16.6 Å². The van der Waals surface area contributed by atoms with E-state index < -0.39 is 0 Å². The lowest BCUT2D eigenvalue weighted by molar-refractivity contribution is -0.134. The second-order valence-electron chi connectivity index (χ2n) is 9.56. The van der Waals surface area contributed by atoms with Crippen molar-refractivity contribution in [3.8, 4) is 16.9 Å². The zero-order valence-corrected chi connectivity index (χ0v) is 21.7. The van der Waals surface area contributed by atoms with Crippen molar-refractivity contribution in [2.45, 2.75) is 39.2 Å². The SMILES string of the molecule is Cc1ccc(-n2cc(-c3ccc(Cl)cc3)nc2NC(=O)CN(C(=O)Cc2ccccc2)C2CC2)cc1C. The van der Waals surface area contributed by atoms with Crippen LogP contribution < -0.4 is 5.32 Å². The summed E-state index contributed by atoms with van der Waals surface area (Å²) in [5, 5.41) is 3.61. The highest BCUT2D eigenvalue weighted by Crippen LogP contribution is 2.29. The van der Waals surface area contributed by atoms with Crippen LogP contribution in [0.5, 0.6) is 0 Å². The maximum Gasteiger partial charge on any atom is 0.246 e. The molecular formula is C30H29ClN4O2. The summed E-state index contributed by atoms with van der Waals surface area (Å²) in [6, 6.07) is 23.3. The fraction of sp³-hybridized carbons (Fsp3) is 0.233. The van der Waals surface area contributed by atoms with Gasteiger partial charge in [-0.25, -0.2) is 4.98 Å². The van der Waals surface area contributed by atoms with Crippen LogP contribution in [0, 0.1) is 13.8 Å². The summed E-state index contributed by atoms with van der Waals surface area (Å²) in [6.45, 7) is 4.11. The number of rotatable bonds is 8. The highest BCUT2D eigenvalue weighted by atomic mass is 35.5. The van der Waals surface area contributed by atoms with Gasteiger partial charge in [0, 0.05) is 28.5 Å². The van der Waals surface area contributed by atoms with Crippen molar-refractivity contribution < 1.29 is 9.59 Å². The summed E-state index contributed by atoms with van der Waals surface area (Å²) in [4.78, 5) is 32.7. The summed E-state index contributed by atoms with van der Waals surface area (Å²) in [7, 11) is 0. The average molecular weight is 513 g/mol. The molecule has 37 heavy (non-hydrogen) atoms. The Morgan fingerprint density at radius 3 is 2.41 bits per heavy atom. The monoisotopic (exact) mass is 512 g/mol. The van der Waals surface area contributed by atoms with E-state index in [0.717, 1.165) is 35.2 Å². The number of aromatic nitrogens is 2. The van der Waals surface area contributed by atoms with Crippen molar-refractivity contribution in [1.82, 2.24) is 14.5 Å². The maximum atomic E-state index is 13.2. The average Bonchev–Trinajstić information content (AvgIpc) is 3.65. The molecule has 0 bridgehead atoms. The predicted molar refractivity (Wildman–Crippen MR) is 147 cm³/mol. The van der Waals surface area contributed by atoms with E-state index in [1.54, 1.807) is 4.90 Å². The molecule has 4 aromatic rings. The molecule has 1 aromatic heterocycles. The molecule has 1 aliphatic carbocycles. The van der Waals surface area contributed by atoms with Crippen LogP contribution in [0.4, 0.5) is 5.95 Å². The fourth-order valence-electron chi connectivity index (χ4n) is 4.30. The fourth-order valence-corrected chi connectivity index (χ4v) is 4.42. The number of halogens is 1. The van der Waals surface area contributed by atoms with Crippen molar-refractivity contribution >= 4 is 29.4 Å². The van der Waals surface area contributed by atoms with Crippen molar-refractivity contribution in [2.75, 3.05) is 11.9 Å². The first kappa shape index (κ1) is 24.8. The van der Waals surface area contributed by atoms with E-state index in [1.165, 1.54) is 5.56 Å². The number of amides is 2. The summed E-state index contributed by atoms with van der Waals surface area (Å²) in [6.07, 6.45) is 4.03. The van der Waals surface area contributed by atoms with Gasteiger partial charge in [-0.1, -0.05) is 60.1 Å². The van der Waals surface area contributed by atoms with Gasteiger partial charge in [-0.2, -0.15) is 0 Å². The van der Waals surface area contributed by atoms with E-state index in [9.17, 15) is 9.59 Å². The highest BCUT2D eigenvalue weighted by Gasteiger charge is 2.34. The second-order valence-corrected chi connectivity index (χ2v) is 10.00. The van der Waals surface area contributed by atoms with Crippen LogP contribution in [0.15, 0.2) is 79.0 Å². The van der Waals surface area contributed by atoms with Gasteiger partial charge in [-0.05, 0) is 67.6 Å². The minimum Gasteiger partial charge on any atom is -0.330 e. The van der Waals surface area contributed by atoms with Gasteiger partial charge in [0.25, 0.3) is 0 Å². The molecule has 1 fully saturated rings. The van der Waals surface area contributed by atoms with Gasteiger partial charge in [0.1, 0.15) is 6.54 Å². The van der Waals surface area contributed by atoms with Gasteiger partial charge in [-0.15, -0.1) is 0 Å². The molecule has 0 radical (unpaired) electrons. The van der Waals surface area contributed by atoms with Crippen molar-refractivity contribution in [3.63, 3.8) is 0 Å². The van der Waals surface area contributed by atoms with Crippen molar-refractivity contribution in [2.24, 2.45) is 0 Å². The topological polar surface area (TPSA) is 67.2 Å². The van der Waals surface area contributed by atoms with E-state index in [1.807, 2.05) is 71.4 Å². The highest BCUT2D eigenvalue weighted by molar-refractivity contribution is 6.30. The molecule has 0 saturated heterocycles. The predicted octanol–water partition coefficient (Wildman–Crippen LogP) is 5.98. The third kappa shape index (κ3) is 5.92. The third-order valence-electron chi connectivity index (χ3n) is 6.69. The number of hydrogen-bond donors (Lipinski definition) is 1. The Morgan fingerprint density at radius 1 is 1.00 bits per heavy atom. The molecule has 0 aliphatic heterocycles. The molecule has 0 spiro atoms. The molecule has 5 rings (SSSR count). The zero-order chi connectivity index (χ0) is 25.9. The smallest absolute Gasteiger partial charge is 0.246 e. The molecule has 6 nitrogen and oxygen atoms in total. The number of imidazole rings is 1. The first-order valence-corrected chi connectivity index (χ1v) is 12.8. The van der Waals surface area contributed by atoms with E-state index in [-0.39, 0.29) is 30.8 Å². The first-order chi connectivity index (χ1) is 17.9. The Balaban J connectivity index is 1.39. The molecule has 1 saturated carbocycles. The van der Waals surface area contributed by atoms with Crippen molar-refractivity contribution in [3.05, 3.63) is 101 Å². The van der Waals surface area contributed by atoms with Crippen LogP contribution in [0.3, 0.4) is 0 Å². The molecule has 2 amide bonds. The molecule has 0 unspecified atom stereocenters. The number of benzene rings is 3. The lowest BCUT2D eigenvalue weighted by atomic mass is 10.1. The molecule has 1 N–H and O–H groups in total. The number of anilines is 1. The number of nitrogens with one attached hydrogen (secondary N) is 1. The minimum absolute atomic E-state index is 0.00754. The normalized spacial score (nSPS) is 12.8. The third-order valence-corrected chi connectivity index (χ3v) is 6.94. The Bertz CT molecular complexity index is 1430. The maximum absolute atomic E-state index is 13.2. The first-order valence-electron chi connectivity index (χ1n) is 12.4. The summed E-state index contributed by atoms with van der Waals surface area (Å²) in [5.41, 5.74) is 5.76. The van der Waals surface area contributed by atoms with Crippen LogP contribution in [-0.4, -0.2) is 38.9 Å². The van der Waals surface area contributed by atoms with Gasteiger partial charge in [0.05, 0.1) is 12.1 Å². The second kappa shape index (κ2) is 10.6. The van der Waals surface area contributed by atoms with E-state index in [2.05, 4.69) is 31.3 Å². The molecule has 1 aliphatic rings. The van der Waals surface area contributed by atoms with E-state index in [0.29, 0.717) is 16.7 Å². The quantitative estimate of drug-likeness (QED) is 0.315. The molecular weight excluding hydrogens is 484 g/mol. The van der Waals surface area contributed by atoms with Gasteiger partial charge in [0.2, 0.25) is 17.8 Å². The van der Waals surface area contributed by atoms with Crippen molar-refractivity contribution in [1.29, 1.82) is 0 Å². The Kier molecular flexibility index (Phi) is 7.10. The summed E-state index contributed by atoms with van der Waals surface area (Å²) >= 11 is 6.07. The molecule has 3 aromatic carbocycles. The Labute approximate surface area is 221 Å². The van der Waals surface area contributed by atoms with Crippen LogP contribution in [0.2, 0.25) is 5.02 Å².